The van der Waals surface area contributed by atoms with Crippen LogP contribution in [0.3, 0.4) is 0 Å². The molecule has 2 heterocycles. The Morgan fingerprint density at radius 3 is 2.48 bits per heavy atom. The Labute approximate surface area is 212 Å². The number of ether oxygens (including phenoxy) is 2. The van der Waals surface area contributed by atoms with Gasteiger partial charge in [0.15, 0.2) is 5.96 Å². The summed E-state index contributed by atoms with van der Waals surface area (Å²) in [6.07, 6.45) is 3.21. The number of methoxy groups -OCH3 is 2. The average Bonchev–Trinajstić information content (AvgIpc) is 2.85. The van der Waals surface area contributed by atoms with Crippen molar-refractivity contribution in [1.82, 2.24) is 25.4 Å². The number of benzene rings is 1. The van der Waals surface area contributed by atoms with E-state index in [0.29, 0.717) is 18.7 Å². The Balaban J connectivity index is 0.00000385. The van der Waals surface area contributed by atoms with Crippen LogP contribution in [0.1, 0.15) is 15.9 Å². The number of carbonyl (C=O) groups is 1. The molecule has 2 aromatic rings. The number of carbonyl (C=O) groups excluding carboxylic acids is 1. The van der Waals surface area contributed by atoms with Gasteiger partial charge in [0.05, 0.1) is 19.8 Å². The van der Waals surface area contributed by atoms with E-state index < -0.39 is 0 Å². The number of nitrogens with one attached hydrogen (secondary N) is 2. The van der Waals surface area contributed by atoms with Crippen molar-refractivity contribution in [2.45, 2.75) is 6.54 Å². The van der Waals surface area contributed by atoms with Crippen LogP contribution in [0.2, 0.25) is 0 Å². The maximum absolute atomic E-state index is 12.1. The van der Waals surface area contributed by atoms with Crippen molar-refractivity contribution < 1.29 is 14.3 Å². The van der Waals surface area contributed by atoms with E-state index in [1.807, 2.05) is 18.2 Å². The summed E-state index contributed by atoms with van der Waals surface area (Å²) in [5, 5.41) is 6.22. The molecular weight excluding hydrogens is 535 g/mol. The van der Waals surface area contributed by atoms with Gasteiger partial charge in [-0.05, 0) is 30.3 Å². The van der Waals surface area contributed by atoms with E-state index in [0.717, 1.165) is 55.7 Å². The molecular formula is C23H33IN6O3. The highest BCUT2D eigenvalue weighted by molar-refractivity contribution is 14.0. The fourth-order valence-electron chi connectivity index (χ4n) is 3.65. The van der Waals surface area contributed by atoms with Gasteiger partial charge in [0, 0.05) is 70.8 Å². The van der Waals surface area contributed by atoms with Gasteiger partial charge in [0.25, 0.3) is 5.91 Å². The molecule has 1 aromatic heterocycles. The summed E-state index contributed by atoms with van der Waals surface area (Å²) in [6, 6.07) is 9.39. The van der Waals surface area contributed by atoms with Crippen molar-refractivity contribution in [1.29, 1.82) is 0 Å². The number of aromatic nitrogens is 1. The van der Waals surface area contributed by atoms with E-state index in [2.05, 4.69) is 30.4 Å². The van der Waals surface area contributed by atoms with E-state index >= 15 is 0 Å². The van der Waals surface area contributed by atoms with Gasteiger partial charge in [0.2, 0.25) is 0 Å². The van der Waals surface area contributed by atoms with Crippen molar-refractivity contribution >= 4 is 35.8 Å². The lowest BCUT2D eigenvalue weighted by molar-refractivity contribution is 0.0953. The predicted octanol–water partition coefficient (Wildman–Crippen LogP) is 1.84. The number of guanidine groups is 1. The second-order valence-corrected chi connectivity index (χ2v) is 7.41. The van der Waals surface area contributed by atoms with E-state index in [1.54, 1.807) is 45.8 Å². The van der Waals surface area contributed by atoms with Crippen molar-refractivity contribution in [3.63, 3.8) is 0 Å². The third kappa shape index (κ3) is 7.74. The minimum atomic E-state index is -0.128. The Morgan fingerprint density at radius 1 is 1.09 bits per heavy atom. The Kier molecular flexibility index (Phi) is 11.2. The molecule has 1 aliphatic rings. The lowest BCUT2D eigenvalue weighted by atomic mass is 10.1. The molecule has 1 aromatic carbocycles. The number of hydrogen-bond donors (Lipinski definition) is 2. The van der Waals surface area contributed by atoms with Crippen molar-refractivity contribution in [2.24, 2.45) is 4.99 Å². The first-order chi connectivity index (χ1) is 15.6. The molecule has 0 bridgehead atoms. The molecule has 1 fully saturated rings. The van der Waals surface area contributed by atoms with E-state index in [1.165, 1.54) is 0 Å². The van der Waals surface area contributed by atoms with Gasteiger partial charge < -0.3 is 25.0 Å². The summed E-state index contributed by atoms with van der Waals surface area (Å²) in [5.74, 6) is 2.43. The summed E-state index contributed by atoms with van der Waals surface area (Å²) in [7, 11) is 5.15. The lowest BCUT2D eigenvalue weighted by Gasteiger charge is -2.36. The molecule has 1 aliphatic heterocycles. The molecule has 10 heteroatoms. The van der Waals surface area contributed by atoms with E-state index in [4.69, 9.17) is 9.47 Å². The largest absolute Gasteiger partial charge is 0.497 e. The molecule has 0 spiro atoms. The fraction of sp³-hybridized carbons (Fsp3) is 0.435. The van der Waals surface area contributed by atoms with E-state index in [-0.39, 0.29) is 29.9 Å². The second-order valence-electron chi connectivity index (χ2n) is 7.41. The predicted molar refractivity (Wildman–Crippen MR) is 140 cm³/mol. The summed E-state index contributed by atoms with van der Waals surface area (Å²) >= 11 is 0. The molecule has 9 nitrogen and oxygen atoms in total. The zero-order valence-corrected chi connectivity index (χ0v) is 21.7. The van der Waals surface area contributed by atoms with Crippen molar-refractivity contribution in [3.05, 3.63) is 53.9 Å². The van der Waals surface area contributed by atoms with Gasteiger partial charge in [-0.1, -0.05) is 0 Å². The van der Waals surface area contributed by atoms with Gasteiger partial charge in [-0.2, -0.15) is 0 Å². The van der Waals surface area contributed by atoms with Crippen LogP contribution < -0.4 is 20.1 Å². The maximum Gasteiger partial charge on any atom is 0.252 e. The third-order valence-electron chi connectivity index (χ3n) is 5.38. The smallest absolute Gasteiger partial charge is 0.252 e. The number of piperazine rings is 1. The number of pyridine rings is 1. The van der Waals surface area contributed by atoms with Crippen LogP contribution in [-0.2, 0) is 6.54 Å². The zero-order chi connectivity index (χ0) is 22.8. The second kappa shape index (κ2) is 13.8. The molecule has 1 amide bonds. The molecule has 0 unspecified atom stereocenters. The van der Waals surface area contributed by atoms with Crippen LogP contribution in [0.15, 0.2) is 47.7 Å². The maximum atomic E-state index is 12.1. The van der Waals surface area contributed by atoms with Crippen LogP contribution >= 0.6 is 24.0 Å². The first kappa shape index (κ1) is 26.7. The number of aliphatic imine (C=N–C) groups is 1. The van der Waals surface area contributed by atoms with E-state index in [9.17, 15) is 4.79 Å². The molecule has 0 saturated carbocycles. The molecule has 3 rings (SSSR count). The molecule has 2 N–H and O–H groups in total. The Morgan fingerprint density at radius 2 is 1.85 bits per heavy atom. The minimum Gasteiger partial charge on any atom is -0.497 e. The van der Waals surface area contributed by atoms with Crippen LogP contribution in [0, 0.1) is 0 Å². The minimum absolute atomic E-state index is 0. The first-order valence-electron chi connectivity index (χ1n) is 10.7. The average molecular weight is 568 g/mol. The van der Waals surface area contributed by atoms with Gasteiger partial charge in [-0.25, -0.2) is 0 Å². The molecule has 0 atom stereocenters. The van der Waals surface area contributed by atoms with Crippen molar-refractivity contribution in [3.8, 4) is 11.5 Å². The van der Waals surface area contributed by atoms with Gasteiger partial charge >= 0.3 is 0 Å². The number of rotatable bonds is 8. The quantitative estimate of drug-likeness (QED) is 0.218. The zero-order valence-electron chi connectivity index (χ0n) is 19.4. The highest BCUT2D eigenvalue weighted by Crippen LogP contribution is 2.25. The van der Waals surface area contributed by atoms with Gasteiger partial charge in [0.1, 0.15) is 11.5 Å². The standard InChI is InChI=1S/C23H32N6O3.HI/c1-24-23(27-10-9-26-22(30)18-5-4-8-25-16-18)29-13-11-28(12-14-29)17-19-15-20(31-2)6-7-21(19)32-3;/h4-8,15-16H,9-14,17H2,1-3H3,(H,24,27)(H,26,30);1H. The molecule has 0 aliphatic carbocycles. The lowest BCUT2D eigenvalue weighted by Crippen LogP contribution is -2.53. The number of halogens is 1. The van der Waals surface area contributed by atoms with Crippen molar-refractivity contribution in [2.75, 3.05) is 60.5 Å². The first-order valence-corrected chi connectivity index (χ1v) is 10.7. The highest BCUT2D eigenvalue weighted by atomic mass is 127. The summed E-state index contributed by atoms with van der Waals surface area (Å²) < 4.78 is 10.9. The Hall–Kier alpha value is -2.60. The van der Waals surface area contributed by atoms with Crippen LogP contribution in [-0.4, -0.2) is 87.2 Å². The van der Waals surface area contributed by atoms with Crippen LogP contribution in [0.5, 0.6) is 11.5 Å². The normalized spacial score (nSPS) is 14.3. The Bertz CT molecular complexity index is 904. The molecule has 1 saturated heterocycles. The number of nitrogens with zero attached hydrogens (tertiary/aromatic N) is 4. The van der Waals surface area contributed by atoms with Crippen LogP contribution in [0.4, 0.5) is 0 Å². The summed E-state index contributed by atoms with van der Waals surface area (Å²) in [6.45, 7) is 5.47. The molecule has 0 radical (unpaired) electrons. The SMILES string of the molecule is CN=C(NCCNC(=O)c1cccnc1)N1CCN(Cc2cc(OC)ccc2OC)CC1.I. The van der Waals surface area contributed by atoms with Gasteiger partial charge in [-0.15, -0.1) is 24.0 Å². The number of hydrogen-bond acceptors (Lipinski definition) is 6. The third-order valence-corrected chi connectivity index (χ3v) is 5.38. The highest BCUT2D eigenvalue weighted by Gasteiger charge is 2.20. The summed E-state index contributed by atoms with van der Waals surface area (Å²) in [5.41, 5.74) is 1.67. The molecule has 180 valence electrons. The summed E-state index contributed by atoms with van der Waals surface area (Å²) in [4.78, 5) is 25.1. The fourth-order valence-corrected chi connectivity index (χ4v) is 3.65. The topological polar surface area (TPSA) is 91.3 Å². The number of amides is 1. The molecule has 33 heavy (non-hydrogen) atoms. The monoisotopic (exact) mass is 568 g/mol. The van der Waals surface area contributed by atoms with Crippen LogP contribution in [0.25, 0.3) is 0 Å². The van der Waals surface area contributed by atoms with Gasteiger partial charge in [-0.3, -0.25) is 19.7 Å².